The Balaban J connectivity index is -0.0000000936. The second-order valence-electron chi connectivity index (χ2n) is 6.11. The molecule has 3 aromatic heterocycles. The van der Waals surface area contributed by atoms with E-state index in [2.05, 4.69) is 35.4 Å². The fourth-order valence-corrected chi connectivity index (χ4v) is 1.96. The monoisotopic (exact) mass is 883 g/mol. The zero-order valence-corrected chi connectivity index (χ0v) is 27.1. The summed E-state index contributed by atoms with van der Waals surface area (Å²) in [6.45, 7) is 0. The van der Waals surface area contributed by atoms with Crippen molar-refractivity contribution in [2.24, 2.45) is 20.4 Å². The van der Waals surface area contributed by atoms with Crippen molar-refractivity contribution in [2.75, 3.05) is 0 Å². The number of nitrogens with zero attached hydrogens (tertiary/aromatic N) is 11. The van der Waals surface area contributed by atoms with Crippen LogP contribution in [-0.2, 0) is 67.6 Å². The number of aromatic nitrogens is 3. The van der Waals surface area contributed by atoms with Gasteiger partial charge in [0.1, 0.15) is 0 Å². The van der Waals surface area contributed by atoms with Crippen molar-refractivity contribution in [2.45, 2.75) is 0 Å². The smallest absolute Gasteiger partial charge is 0.856 e. The first kappa shape index (κ1) is 67.2. The van der Waals surface area contributed by atoms with E-state index >= 15 is 0 Å². The Hall–Kier alpha value is -6.07. The third-order valence-electron chi connectivity index (χ3n) is 3.24. The average molecular weight is 885 g/mol. The molecule has 0 spiro atoms. The fourth-order valence-electron chi connectivity index (χ4n) is 1.96. The van der Waals surface area contributed by atoms with E-state index in [4.69, 9.17) is 61.3 Å². The molecule has 0 unspecified atom stereocenters. The summed E-state index contributed by atoms with van der Waals surface area (Å²) in [4.78, 5) is 45.0. The molecule has 3 radical (unpaired) electrons. The van der Waals surface area contributed by atoms with E-state index in [-0.39, 0.29) is 84.5 Å². The van der Waals surface area contributed by atoms with Gasteiger partial charge in [-0.05, 0) is 36.4 Å². The van der Waals surface area contributed by atoms with Crippen LogP contribution in [0.1, 0.15) is 22.8 Å². The first-order valence-electron chi connectivity index (χ1n) is 10.3. The van der Waals surface area contributed by atoms with Crippen LogP contribution in [0.4, 0.5) is 0 Å². The van der Waals surface area contributed by atoms with Crippen LogP contribution in [0.2, 0.25) is 0 Å². The Morgan fingerprint density at radius 3 is 1.04 bits per heavy atom. The molecule has 0 saturated carbocycles. The van der Waals surface area contributed by atoms with Crippen molar-refractivity contribution in [1.29, 1.82) is 0 Å². The number of hydrogen-bond acceptors (Lipinski definition) is 21. The van der Waals surface area contributed by atoms with Gasteiger partial charge >= 0.3 is 51.2 Å². The van der Waals surface area contributed by atoms with Crippen LogP contribution in [0, 0.1) is 61.3 Å². The summed E-state index contributed by atoms with van der Waals surface area (Å²) in [5.74, 6) is -1.39. The molecular weight excluding hydrogens is 861 g/mol. The molecule has 51 heavy (non-hydrogen) atoms. The van der Waals surface area contributed by atoms with Gasteiger partial charge in [-0.15, -0.1) is 0 Å². The zero-order chi connectivity index (χ0) is 33.9. The van der Waals surface area contributed by atoms with Gasteiger partial charge in [-0.25, -0.2) is 4.98 Å². The second kappa shape index (κ2) is 42.0. The van der Waals surface area contributed by atoms with Crippen LogP contribution in [0.15, 0.2) is 87.4 Å². The minimum absolute atomic E-state index is 0. The quantitative estimate of drug-likeness (QED) is 0.0563. The van der Waals surface area contributed by atoms with E-state index in [0.29, 0.717) is 11.4 Å². The molecule has 0 aliphatic heterocycles. The number of hydrogen-bond donors (Lipinski definition) is 0. The maximum atomic E-state index is 12.1. The zero-order valence-electron chi connectivity index (χ0n) is 24.3. The molecule has 11 N–H and O–H groups in total. The first-order chi connectivity index (χ1) is 20.6. The van der Waals surface area contributed by atoms with Gasteiger partial charge in [0.05, 0.1) is 55.6 Å². The summed E-state index contributed by atoms with van der Waals surface area (Å²) in [5.41, 5.74) is 1.04. The fraction of sp³-hybridized carbons (Fsp3) is 0. The van der Waals surface area contributed by atoms with Gasteiger partial charge in [0.15, 0.2) is 0 Å². The summed E-state index contributed by atoms with van der Waals surface area (Å²) in [6, 6.07) is 14.9. The number of rotatable bonds is 6. The molecule has 29 nitrogen and oxygen atoms in total. The molecule has 0 atom stereocenters. The SMILES string of the molecule is O.O=[N+]([O-])[O-].O=[N+]([O-])[O-].O=[N+]([O-])[O-].O=[N+]([O-])[O-].[Cu+2].[Cu+2].[Cu+2].[O-]/C(=N\N=C\c1ccccn1)c1cccc(/C([O-])=N/N=C/c2ccccn2)n1.[OH3+].[OH3+].[OH3+]. The Bertz CT molecular complexity index is 1320. The van der Waals surface area contributed by atoms with E-state index in [1.165, 1.54) is 30.6 Å². The largest absolute Gasteiger partial charge is 2.00 e. The van der Waals surface area contributed by atoms with Crippen molar-refractivity contribution in [3.8, 4) is 0 Å². The maximum absolute atomic E-state index is 12.1. The van der Waals surface area contributed by atoms with Crippen LogP contribution in [0.5, 0.6) is 0 Å². The van der Waals surface area contributed by atoms with E-state index < -0.39 is 32.1 Å². The number of pyridine rings is 3. The van der Waals surface area contributed by atoms with Crippen LogP contribution >= 0.6 is 0 Å². The predicted molar refractivity (Wildman–Crippen MR) is 161 cm³/mol. The van der Waals surface area contributed by atoms with Gasteiger partial charge in [0.2, 0.25) is 0 Å². The average Bonchev–Trinajstić information content (AvgIpc) is 2.93. The maximum Gasteiger partial charge on any atom is 2.00 e. The van der Waals surface area contributed by atoms with E-state index in [9.17, 15) is 10.2 Å². The van der Waals surface area contributed by atoms with Crippen LogP contribution < -0.4 is 10.2 Å². The molecule has 3 aromatic rings. The molecule has 0 aliphatic carbocycles. The van der Waals surface area contributed by atoms with Crippen LogP contribution in [0.3, 0.4) is 0 Å². The Morgan fingerprint density at radius 2 is 0.804 bits per heavy atom. The van der Waals surface area contributed by atoms with E-state index in [1.807, 2.05) is 0 Å². The minimum Gasteiger partial charge on any atom is -0.856 e. The Labute approximate surface area is 313 Å². The topological polar surface area (TPSA) is 530 Å². The van der Waals surface area contributed by atoms with Crippen LogP contribution in [0.25, 0.3) is 0 Å². The van der Waals surface area contributed by atoms with Gasteiger partial charge in [-0.1, -0.05) is 18.2 Å². The third kappa shape index (κ3) is 48.4. The standard InChI is InChI=1S/C19H15N7O2.3Cu.4NO3.4H2O/c27-18(25-22-12-14-6-1-3-10-20-14)16-8-5-9-17(24-16)19(28)26-23-13-15-7-2-4-11-21-15;;;;4*2-1(3)4;;;;/h1-13H,(H,25,27)(H,26,28);;;;;;;;4*1H2/q;3*+2;4*-1;;;;/p+1/b22-12+,23-13+;;;;;;;;;;;. The summed E-state index contributed by atoms with van der Waals surface area (Å²) in [5, 5.41) is 97.6. The first-order valence-corrected chi connectivity index (χ1v) is 10.3. The molecule has 3 heterocycles. The van der Waals surface area contributed by atoms with E-state index in [0.717, 1.165) is 0 Å². The molecular formula is C19H24Cu3N11O18+3. The molecule has 0 fully saturated rings. The van der Waals surface area contributed by atoms with Crippen molar-refractivity contribution < 1.29 is 104 Å². The molecule has 0 aliphatic rings. The van der Waals surface area contributed by atoms with Gasteiger partial charge < -0.3 is 93.4 Å². The second-order valence-corrected chi connectivity index (χ2v) is 6.11. The molecule has 0 bridgehead atoms. The van der Waals surface area contributed by atoms with Crippen molar-refractivity contribution in [3.05, 3.63) is 151 Å². The molecule has 0 amide bonds. The predicted octanol–water partition coefficient (Wildman–Crippen LogP) is -4.40. The van der Waals surface area contributed by atoms with E-state index in [1.54, 1.807) is 48.8 Å². The van der Waals surface area contributed by atoms with Crippen molar-refractivity contribution in [3.63, 3.8) is 0 Å². The normalized spacial score (nSPS) is 8.86. The Morgan fingerprint density at radius 1 is 0.529 bits per heavy atom. The van der Waals surface area contributed by atoms with Crippen molar-refractivity contribution >= 4 is 24.2 Å². The summed E-state index contributed by atoms with van der Waals surface area (Å²) in [7, 11) is 0. The van der Waals surface area contributed by atoms with Gasteiger partial charge in [0, 0.05) is 24.2 Å². The minimum atomic E-state index is -1.75. The van der Waals surface area contributed by atoms with Gasteiger partial charge in [0.25, 0.3) is 0 Å². The summed E-state index contributed by atoms with van der Waals surface area (Å²) in [6.07, 6.45) is 5.88. The van der Waals surface area contributed by atoms with Gasteiger partial charge in [-0.3, -0.25) is 9.97 Å². The molecule has 32 heteroatoms. The summed E-state index contributed by atoms with van der Waals surface area (Å²) >= 11 is 0. The van der Waals surface area contributed by atoms with Gasteiger partial charge in [-0.2, -0.15) is 20.4 Å². The van der Waals surface area contributed by atoms with Crippen molar-refractivity contribution in [1.82, 2.24) is 15.0 Å². The third-order valence-corrected chi connectivity index (χ3v) is 3.24. The molecule has 0 aromatic carbocycles. The Kier molecular flexibility index (Phi) is 55.2. The summed E-state index contributed by atoms with van der Waals surface area (Å²) < 4.78 is 0. The molecule has 3 rings (SSSR count). The van der Waals surface area contributed by atoms with Crippen LogP contribution in [-0.4, -0.2) is 65.0 Å². The molecule has 0 saturated heterocycles. The molecule has 293 valence electrons.